The molecule has 0 spiro atoms. The molecule has 0 aliphatic rings. The molecule has 1 unspecified atom stereocenters. The Kier molecular flexibility index (Phi) is 39.9. The van der Waals surface area contributed by atoms with Crippen molar-refractivity contribution in [2.75, 3.05) is 34.7 Å². The van der Waals surface area contributed by atoms with Crippen molar-refractivity contribution in [3.8, 4) is 0 Å². The topological polar surface area (TPSA) is 132 Å². The van der Waals surface area contributed by atoms with Crippen LogP contribution >= 0.6 is 0 Å². The van der Waals surface area contributed by atoms with Gasteiger partial charge in [0.25, 0.3) is 5.79 Å². The summed E-state index contributed by atoms with van der Waals surface area (Å²) in [7, 11) is 7.92. The summed E-state index contributed by atoms with van der Waals surface area (Å²) in [5.41, 5.74) is 0.680. The lowest BCUT2D eigenvalue weighted by Gasteiger charge is -2.39. The molecular weight excluding hydrogens is 811 g/mol. The molecule has 11 heteroatoms. The molecule has 0 bridgehead atoms. The predicted molar refractivity (Wildman–Crippen MR) is 245 cm³/mol. The maximum atomic E-state index is 12.0. The van der Waals surface area contributed by atoms with Crippen LogP contribution in [0.2, 0.25) is 0 Å². The Morgan fingerprint density at radius 1 is 0.574 bits per heavy atom. The van der Waals surface area contributed by atoms with Gasteiger partial charge in [0, 0.05) is 19.3 Å². The Labute approximate surface area is 386 Å². The number of carboxylic acids is 2. The molecule has 358 valence electrons. The molecule has 0 radical (unpaired) electrons. The van der Waals surface area contributed by atoms with Gasteiger partial charge in [-0.25, -0.2) is 14.4 Å². The number of hydrogen-bond donors (Lipinski definition) is 4. The standard InChI is InChI=1S/C50H90N2O7.2ClH/c1-8-11-14-17-19-20-25-29-34-39-46(41-48(54)55)52(6,7)45(37-32-16-13-10-3)38-33-28-24-21-22-26-30-35-40-51(4,5)47(42-49(56)57)50(58,59)44(43-53)36-31-27-23-18-15-12-9-2;;/h28,33,41-42,45,58-59H,8-27,29-32,34-40H2,1-7H3;2*1H/b33-28+,46-41+,47-42-;;. The van der Waals surface area contributed by atoms with Gasteiger partial charge in [-0.15, -0.1) is 0 Å². The number of carbonyl (C=O) groups excluding carboxylic acids is 1. The van der Waals surface area contributed by atoms with Gasteiger partial charge in [-0.2, -0.15) is 0 Å². The van der Waals surface area contributed by atoms with Crippen molar-refractivity contribution < 1.29 is 68.6 Å². The summed E-state index contributed by atoms with van der Waals surface area (Å²) in [5, 5.41) is 41.9. The molecule has 61 heavy (non-hydrogen) atoms. The minimum Gasteiger partial charge on any atom is -1.00 e. The first-order chi connectivity index (χ1) is 28.1. The maximum Gasteiger partial charge on any atom is 0.334 e. The smallest absolute Gasteiger partial charge is 0.334 e. The summed E-state index contributed by atoms with van der Waals surface area (Å²) in [6.07, 6.45) is 38.8. The minimum atomic E-state index is -2.68. The van der Waals surface area contributed by atoms with E-state index in [4.69, 9.17) is 0 Å². The van der Waals surface area contributed by atoms with E-state index >= 15 is 0 Å². The number of aliphatic hydroxyl groups is 2. The monoisotopic (exact) mass is 903 g/mol. The van der Waals surface area contributed by atoms with Crippen LogP contribution in [-0.2, 0) is 14.4 Å². The summed E-state index contributed by atoms with van der Waals surface area (Å²) < 4.78 is 0.568. The molecule has 0 saturated carbocycles. The third-order valence-corrected chi connectivity index (χ3v) is 12.4. The van der Waals surface area contributed by atoms with Crippen molar-refractivity contribution in [1.29, 1.82) is 0 Å². The zero-order valence-corrected chi connectivity index (χ0v) is 41.5. The Balaban J connectivity index is -0.0000168. The van der Waals surface area contributed by atoms with E-state index in [1.807, 2.05) is 0 Å². The first-order valence-electron chi connectivity index (χ1n) is 24.0. The molecule has 4 N–H and O–H groups in total. The van der Waals surface area contributed by atoms with E-state index in [0.717, 1.165) is 115 Å². The molecule has 0 aromatic carbocycles. The largest absolute Gasteiger partial charge is 1.00 e. The molecule has 0 aliphatic heterocycles. The quantitative estimate of drug-likeness (QED) is 0.0144. The first-order valence-corrected chi connectivity index (χ1v) is 24.0. The van der Waals surface area contributed by atoms with E-state index in [-0.39, 0.29) is 47.0 Å². The van der Waals surface area contributed by atoms with Crippen molar-refractivity contribution in [2.24, 2.45) is 0 Å². The third kappa shape index (κ3) is 29.9. The number of nitrogens with zero attached hydrogens (tertiary/aromatic N) is 2. The summed E-state index contributed by atoms with van der Waals surface area (Å²) >= 11 is 0. The number of halogens is 2. The molecule has 9 nitrogen and oxygen atoms in total. The Bertz CT molecular complexity index is 1270. The molecule has 0 aliphatic carbocycles. The van der Waals surface area contributed by atoms with E-state index in [1.54, 1.807) is 20.0 Å². The van der Waals surface area contributed by atoms with Gasteiger partial charge in [0.15, 0.2) is 5.70 Å². The number of allylic oxidation sites excluding steroid dienone is 2. The Morgan fingerprint density at radius 2 is 1.00 bits per heavy atom. The van der Waals surface area contributed by atoms with Gasteiger partial charge in [-0.05, 0) is 51.4 Å². The average Bonchev–Trinajstić information content (AvgIpc) is 3.17. The average molecular weight is 904 g/mol. The van der Waals surface area contributed by atoms with E-state index in [0.29, 0.717) is 23.5 Å². The normalized spacial score (nSPS) is 13.1. The maximum absolute atomic E-state index is 12.0. The van der Waals surface area contributed by atoms with Crippen LogP contribution < -0.4 is 24.8 Å². The van der Waals surface area contributed by atoms with Gasteiger partial charge in [-0.1, -0.05) is 155 Å². The molecule has 0 rings (SSSR count). The molecule has 1 atom stereocenters. The van der Waals surface area contributed by atoms with Crippen molar-refractivity contribution in [2.45, 2.75) is 225 Å². The van der Waals surface area contributed by atoms with Gasteiger partial charge >= 0.3 is 11.9 Å². The van der Waals surface area contributed by atoms with E-state index in [9.17, 15) is 34.8 Å². The van der Waals surface area contributed by atoms with Gasteiger partial charge in [0.05, 0.1) is 58.5 Å². The number of unbranched alkanes of at least 4 members (excludes halogenated alkanes) is 22. The molecule has 0 aromatic heterocycles. The Hall–Kier alpha value is -1.97. The lowest BCUT2D eigenvalue weighted by atomic mass is 9.95. The summed E-state index contributed by atoms with van der Waals surface area (Å²) in [5.74, 6) is -3.08. The molecular formula is C50H92Cl2N2O7. The van der Waals surface area contributed by atoms with Gasteiger partial charge in [0.1, 0.15) is 11.6 Å². The third-order valence-electron chi connectivity index (χ3n) is 12.4. The van der Waals surface area contributed by atoms with E-state index < -0.39 is 17.7 Å². The van der Waals surface area contributed by atoms with Crippen molar-refractivity contribution in [1.82, 2.24) is 0 Å². The number of aliphatic carboxylic acids is 2. The van der Waals surface area contributed by atoms with Gasteiger partial charge < -0.3 is 45.2 Å². The highest BCUT2D eigenvalue weighted by Crippen LogP contribution is 2.32. The van der Waals surface area contributed by atoms with Crippen LogP contribution in [-0.4, -0.2) is 93.8 Å². The van der Waals surface area contributed by atoms with Crippen molar-refractivity contribution in [3.05, 3.63) is 41.3 Å². The van der Waals surface area contributed by atoms with Crippen LogP contribution in [0.25, 0.3) is 0 Å². The van der Waals surface area contributed by atoms with Crippen LogP contribution in [0.1, 0.15) is 213 Å². The van der Waals surface area contributed by atoms with Crippen LogP contribution in [0.4, 0.5) is 0 Å². The Morgan fingerprint density at radius 3 is 1.48 bits per heavy atom. The zero-order chi connectivity index (χ0) is 44.4. The first kappa shape index (κ1) is 63.3. The number of likely N-dealkylation sites (N-methyl/N-ethyl adjacent to an activating group) is 1. The number of hydrogen-bond acceptors (Lipinski definition) is 5. The lowest BCUT2D eigenvalue weighted by molar-refractivity contribution is -0.880. The molecule has 0 fully saturated rings. The molecule has 0 aromatic rings. The highest BCUT2D eigenvalue weighted by molar-refractivity contribution is 5.81. The van der Waals surface area contributed by atoms with Crippen LogP contribution in [0.3, 0.4) is 0 Å². The summed E-state index contributed by atoms with van der Waals surface area (Å²) in [6.45, 7) is 7.14. The second kappa shape index (κ2) is 38.5. The number of carbonyl (C=O) groups is 2. The van der Waals surface area contributed by atoms with Crippen molar-refractivity contribution in [3.63, 3.8) is 0 Å². The number of quaternary nitrogens is 2. The van der Waals surface area contributed by atoms with E-state index in [2.05, 4.69) is 47.0 Å². The molecule has 0 amide bonds. The second-order valence-electron chi connectivity index (χ2n) is 18.3. The zero-order valence-electron chi connectivity index (χ0n) is 40.0. The van der Waals surface area contributed by atoms with Gasteiger partial charge in [0.2, 0.25) is 0 Å². The fourth-order valence-corrected chi connectivity index (χ4v) is 8.35. The van der Waals surface area contributed by atoms with Crippen LogP contribution in [0.5, 0.6) is 0 Å². The lowest BCUT2D eigenvalue weighted by Crippen LogP contribution is -3.00. The van der Waals surface area contributed by atoms with Crippen LogP contribution in [0, 0.1) is 0 Å². The molecule has 0 heterocycles. The highest BCUT2D eigenvalue weighted by atomic mass is 35.5. The summed E-state index contributed by atoms with van der Waals surface area (Å²) in [4.78, 5) is 35.7. The second-order valence-corrected chi connectivity index (χ2v) is 18.3. The fraction of sp³-hybridized carbons (Fsp3) is 0.800. The predicted octanol–water partition coefficient (Wildman–Crippen LogP) is 6.21. The van der Waals surface area contributed by atoms with Crippen molar-refractivity contribution >= 4 is 17.9 Å². The fourth-order valence-electron chi connectivity index (χ4n) is 8.35. The summed E-state index contributed by atoms with van der Waals surface area (Å²) in [6, 6.07) is 0.323. The van der Waals surface area contributed by atoms with E-state index in [1.165, 1.54) is 83.1 Å². The van der Waals surface area contributed by atoms with Gasteiger partial charge in [-0.3, -0.25) is 8.97 Å². The number of carboxylic acid groups (broad SMARTS) is 2. The molecule has 0 saturated heterocycles. The number of rotatable bonds is 40. The minimum absolute atomic E-state index is 0. The SMILES string of the molecule is CCCCCCCCCCC/C(=C\C(=O)O)[N+](C)(C)C(C/C=C/CCCCCCC[N+](C)(C)/C(=C\C(=O)O)C(O)(O)C(=C=O)CCCCCCCCC)CCCCCC.[Cl-].[Cl-]. The van der Waals surface area contributed by atoms with Crippen LogP contribution in [0.15, 0.2) is 41.3 Å². The highest BCUT2D eigenvalue weighted by Gasteiger charge is 2.45.